The molecule has 17 heteroatoms. The summed E-state index contributed by atoms with van der Waals surface area (Å²) in [4.78, 5) is 75.2. The number of likely N-dealkylation sites (N-methyl/N-ethyl adjacent to an activating group) is 1. The van der Waals surface area contributed by atoms with Crippen molar-refractivity contribution >= 4 is 41.5 Å². The first-order chi connectivity index (χ1) is 20.8. The molecule has 0 aliphatic carbocycles. The molecule has 1 aromatic carbocycles. The predicted octanol–water partition coefficient (Wildman–Crippen LogP) is -3.53. The number of rotatable bonds is 10. The maximum absolute atomic E-state index is 13.6. The highest BCUT2D eigenvalue weighted by atomic mass is 16.3. The van der Waals surface area contributed by atoms with E-state index in [-0.39, 0.29) is 50.0 Å². The van der Waals surface area contributed by atoms with Gasteiger partial charge in [0.1, 0.15) is 29.9 Å². The summed E-state index contributed by atoms with van der Waals surface area (Å²) in [6, 6.07) is 1.64. The number of hydrogen-bond donors (Lipinski definition) is 9. The summed E-state index contributed by atoms with van der Waals surface area (Å²) < 4.78 is 0. The maximum Gasteiger partial charge on any atom is 0.245 e. The molecule has 1 fully saturated rings. The monoisotopic (exact) mass is 617 g/mol. The van der Waals surface area contributed by atoms with Gasteiger partial charge in [-0.25, -0.2) is 0 Å². The summed E-state index contributed by atoms with van der Waals surface area (Å²) in [7, 11) is 1.39. The van der Waals surface area contributed by atoms with Crippen molar-refractivity contribution in [3.05, 3.63) is 29.8 Å². The number of hydrogen-bond acceptors (Lipinski definition) is 8. The molecule has 13 N–H and O–H groups in total. The second-order valence-corrected chi connectivity index (χ2v) is 10.4. The van der Waals surface area contributed by atoms with Crippen LogP contribution in [-0.2, 0) is 30.4 Å². The molecule has 0 unspecified atom stereocenters. The fourth-order valence-corrected chi connectivity index (χ4v) is 4.37. The van der Waals surface area contributed by atoms with E-state index in [1.807, 2.05) is 0 Å². The molecular weight excluding hydrogens is 574 g/mol. The van der Waals surface area contributed by atoms with Crippen LogP contribution in [0.5, 0.6) is 5.75 Å². The average Bonchev–Trinajstić information content (AvgIpc) is 2.95. The van der Waals surface area contributed by atoms with Crippen LogP contribution in [0.15, 0.2) is 34.3 Å². The fraction of sp³-hybridized carbons (Fsp3) is 0.519. The van der Waals surface area contributed by atoms with Gasteiger partial charge in [0.2, 0.25) is 29.5 Å². The Morgan fingerprint density at radius 2 is 1.27 bits per heavy atom. The van der Waals surface area contributed by atoms with Crippen LogP contribution < -0.4 is 44.2 Å². The standard InChI is InChI=1S/C27H43N11O6/c1-15-22(41)35-18(5-3-11-32-26(28)29)23(42)36-19(6-4-12-33-27(30)31)24(43)37-20(13-16-7-9-17(39)10-8-16)25(44)38(2)14-21(40)34-15/h7-10,15,18-20,39H,3-6,11-14H2,1-2H3,(H,34,40)(H,35,41)(H,36,42)(H,37,43)(H4,28,29,32)(H4,30,31,33)/t15-,18-,19-,20+/m0/s1. The number of nitrogens with two attached hydrogens (primary N) is 4. The van der Waals surface area contributed by atoms with Crippen LogP contribution in [0.25, 0.3) is 0 Å². The molecule has 0 spiro atoms. The molecule has 0 bridgehead atoms. The first kappa shape index (κ1) is 35.1. The first-order valence-electron chi connectivity index (χ1n) is 14.1. The number of carbonyl (C=O) groups is 5. The Bertz CT molecular complexity index is 1230. The topological polar surface area (TPSA) is 286 Å². The fourth-order valence-electron chi connectivity index (χ4n) is 4.37. The number of aromatic hydroxyl groups is 1. The van der Waals surface area contributed by atoms with Crippen LogP contribution >= 0.6 is 0 Å². The second-order valence-electron chi connectivity index (χ2n) is 10.4. The van der Waals surface area contributed by atoms with E-state index in [1.165, 1.54) is 26.1 Å². The Kier molecular flexibility index (Phi) is 13.7. The van der Waals surface area contributed by atoms with Gasteiger partial charge in [0.25, 0.3) is 0 Å². The van der Waals surface area contributed by atoms with Crippen molar-refractivity contribution in [2.45, 2.75) is 63.2 Å². The van der Waals surface area contributed by atoms with E-state index < -0.39 is 60.2 Å². The number of benzene rings is 1. The van der Waals surface area contributed by atoms with Crippen molar-refractivity contribution in [2.75, 3.05) is 26.7 Å². The van der Waals surface area contributed by atoms with E-state index in [0.29, 0.717) is 18.4 Å². The molecule has 0 saturated carbocycles. The molecule has 1 saturated heterocycles. The van der Waals surface area contributed by atoms with Crippen LogP contribution in [0.1, 0.15) is 38.2 Å². The molecule has 1 heterocycles. The number of guanidine groups is 2. The van der Waals surface area contributed by atoms with Crippen molar-refractivity contribution in [3.8, 4) is 5.75 Å². The maximum atomic E-state index is 13.6. The average molecular weight is 618 g/mol. The minimum Gasteiger partial charge on any atom is -0.508 e. The van der Waals surface area contributed by atoms with Gasteiger partial charge in [-0.05, 0) is 50.3 Å². The largest absolute Gasteiger partial charge is 0.508 e. The van der Waals surface area contributed by atoms with Gasteiger partial charge in [0.15, 0.2) is 11.9 Å². The van der Waals surface area contributed by atoms with Gasteiger partial charge in [-0.2, -0.15) is 0 Å². The number of phenolic OH excluding ortho intramolecular Hbond substituents is 1. The highest BCUT2D eigenvalue weighted by Gasteiger charge is 2.32. The zero-order valence-corrected chi connectivity index (χ0v) is 24.9. The summed E-state index contributed by atoms with van der Waals surface area (Å²) >= 11 is 0. The van der Waals surface area contributed by atoms with Gasteiger partial charge in [-0.1, -0.05) is 12.1 Å². The van der Waals surface area contributed by atoms with Gasteiger partial charge in [-0.3, -0.25) is 34.0 Å². The summed E-state index contributed by atoms with van der Waals surface area (Å²) in [5.41, 5.74) is 22.2. The van der Waals surface area contributed by atoms with Crippen LogP contribution in [0.4, 0.5) is 0 Å². The van der Waals surface area contributed by atoms with Crippen LogP contribution in [0, 0.1) is 0 Å². The van der Waals surface area contributed by atoms with Crippen molar-refractivity contribution in [3.63, 3.8) is 0 Å². The lowest BCUT2D eigenvalue weighted by atomic mass is 10.0. The normalized spacial score (nSPS) is 22.0. The summed E-state index contributed by atoms with van der Waals surface area (Å²) in [5.74, 6) is -3.45. The van der Waals surface area contributed by atoms with Gasteiger partial charge >= 0.3 is 0 Å². The van der Waals surface area contributed by atoms with E-state index in [9.17, 15) is 29.1 Å². The van der Waals surface area contributed by atoms with E-state index in [0.717, 1.165) is 4.90 Å². The van der Waals surface area contributed by atoms with E-state index in [2.05, 4.69) is 31.3 Å². The molecule has 1 aliphatic heterocycles. The Morgan fingerprint density at radius 1 is 0.795 bits per heavy atom. The van der Waals surface area contributed by atoms with E-state index >= 15 is 0 Å². The van der Waals surface area contributed by atoms with Gasteiger partial charge < -0.3 is 54.2 Å². The summed E-state index contributed by atoms with van der Waals surface area (Å²) in [6.07, 6.45) is 0.836. The number of amides is 5. The molecule has 4 atom stereocenters. The number of nitrogens with zero attached hydrogens (tertiary/aromatic N) is 3. The molecule has 2 rings (SSSR count). The van der Waals surface area contributed by atoms with Crippen molar-refractivity contribution < 1.29 is 29.1 Å². The third kappa shape index (κ3) is 12.0. The van der Waals surface area contributed by atoms with Crippen molar-refractivity contribution in [2.24, 2.45) is 32.9 Å². The molecular formula is C27H43N11O6. The molecule has 44 heavy (non-hydrogen) atoms. The molecule has 1 aromatic rings. The SMILES string of the molecule is C[C@@H]1NC(=O)CN(C)C(=O)[C@@H](Cc2ccc(O)cc2)NC(=O)[C@H](CCCN=C(N)N)NC(=O)[C@H](CCCN=C(N)N)NC1=O. The minimum atomic E-state index is -1.14. The van der Waals surface area contributed by atoms with Crippen LogP contribution in [0.2, 0.25) is 0 Å². The summed E-state index contributed by atoms with van der Waals surface area (Å²) in [6.45, 7) is 1.39. The molecule has 17 nitrogen and oxygen atoms in total. The molecule has 0 aromatic heterocycles. The number of nitrogens with one attached hydrogen (secondary N) is 4. The number of phenols is 1. The quantitative estimate of drug-likeness (QED) is 0.0708. The lowest BCUT2D eigenvalue weighted by Gasteiger charge is -2.27. The smallest absolute Gasteiger partial charge is 0.245 e. The Hall–Kier alpha value is -5.09. The van der Waals surface area contributed by atoms with Gasteiger partial charge in [0.05, 0.1) is 6.54 Å². The van der Waals surface area contributed by atoms with E-state index in [4.69, 9.17) is 22.9 Å². The molecule has 1 aliphatic rings. The lowest BCUT2D eigenvalue weighted by molar-refractivity contribution is -0.139. The predicted molar refractivity (Wildman–Crippen MR) is 163 cm³/mol. The zero-order chi connectivity index (χ0) is 32.8. The van der Waals surface area contributed by atoms with Crippen LogP contribution in [0.3, 0.4) is 0 Å². The number of aliphatic imine (C=N–C) groups is 2. The summed E-state index contributed by atoms with van der Waals surface area (Å²) in [5, 5.41) is 20.2. The van der Waals surface area contributed by atoms with E-state index in [1.54, 1.807) is 12.1 Å². The highest BCUT2D eigenvalue weighted by Crippen LogP contribution is 2.13. The molecule has 242 valence electrons. The first-order valence-corrected chi connectivity index (χ1v) is 14.1. The Labute approximate surface area is 255 Å². The van der Waals surface area contributed by atoms with Crippen molar-refractivity contribution in [1.82, 2.24) is 26.2 Å². The molecule has 5 amide bonds. The third-order valence-electron chi connectivity index (χ3n) is 6.68. The number of carbonyl (C=O) groups excluding carboxylic acids is 5. The van der Waals surface area contributed by atoms with Gasteiger partial charge in [0, 0.05) is 26.6 Å². The minimum absolute atomic E-state index is 0.0219. The second kappa shape index (κ2) is 17.1. The Balaban J connectivity index is 2.44. The van der Waals surface area contributed by atoms with Crippen molar-refractivity contribution in [1.29, 1.82) is 0 Å². The zero-order valence-electron chi connectivity index (χ0n) is 24.9. The lowest BCUT2D eigenvalue weighted by Crippen LogP contribution is -2.57. The highest BCUT2D eigenvalue weighted by molar-refractivity contribution is 5.97. The molecule has 0 radical (unpaired) electrons. The Morgan fingerprint density at radius 3 is 1.77 bits per heavy atom. The van der Waals surface area contributed by atoms with Gasteiger partial charge in [-0.15, -0.1) is 0 Å². The van der Waals surface area contributed by atoms with Crippen LogP contribution in [-0.4, -0.2) is 102 Å². The third-order valence-corrected chi connectivity index (χ3v) is 6.68.